The zero-order chi connectivity index (χ0) is 24.9. The van der Waals surface area contributed by atoms with E-state index in [1.165, 1.54) is 16.4 Å². The van der Waals surface area contributed by atoms with Crippen molar-refractivity contribution in [3.05, 3.63) is 23.7 Å². The number of aromatic nitrogens is 3. The molecule has 2 aliphatic heterocycles. The predicted molar refractivity (Wildman–Crippen MR) is 134 cm³/mol. The highest BCUT2D eigenvalue weighted by Gasteiger charge is 2.31. The van der Waals surface area contributed by atoms with E-state index in [1.807, 2.05) is 6.07 Å². The maximum absolute atomic E-state index is 12.2. The summed E-state index contributed by atoms with van der Waals surface area (Å²) in [5.41, 5.74) is 6.59. The Bertz CT molecular complexity index is 1040. The van der Waals surface area contributed by atoms with Crippen LogP contribution in [0.1, 0.15) is 35.9 Å². The van der Waals surface area contributed by atoms with Gasteiger partial charge in [0.15, 0.2) is 11.5 Å². The molecule has 0 radical (unpaired) electrons. The second-order valence-corrected chi connectivity index (χ2v) is 9.82. The number of hydrogen-bond donors (Lipinski definition) is 3. The number of morpholine rings is 1. The van der Waals surface area contributed by atoms with Gasteiger partial charge in [0.05, 0.1) is 31.1 Å². The largest absolute Gasteiger partial charge is 0.379 e. The Morgan fingerprint density at radius 1 is 1.29 bits per heavy atom. The lowest BCUT2D eigenvalue weighted by Gasteiger charge is -2.40. The Balaban J connectivity index is 1.51. The third-order valence-electron chi connectivity index (χ3n) is 6.28. The molecule has 2 aromatic heterocycles. The minimum absolute atomic E-state index is 0.00208. The molecule has 4 heterocycles. The first-order chi connectivity index (χ1) is 16.8. The topological polar surface area (TPSA) is 142 Å². The average molecular weight is 504 g/mol. The van der Waals surface area contributed by atoms with E-state index >= 15 is 0 Å². The smallest absolute Gasteiger partial charge is 0.317 e. The number of primary amides is 1. The lowest BCUT2D eigenvalue weighted by atomic mass is 9.97. The van der Waals surface area contributed by atoms with Gasteiger partial charge in [0.25, 0.3) is 5.91 Å². The summed E-state index contributed by atoms with van der Waals surface area (Å²) in [6, 6.07) is 1.80. The molecule has 0 aliphatic carbocycles. The zero-order valence-corrected chi connectivity index (χ0v) is 21.2. The fourth-order valence-electron chi connectivity index (χ4n) is 4.28. The van der Waals surface area contributed by atoms with Crippen molar-refractivity contribution in [2.45, 2.75) is 38.4 Å². The molecule has 12 nitrogen and oxygen atoms in total. The van der Waals surface area contributed by atoms with Crippen molar-refractivity contribution < 1.29 is 14.3 Å². The summed E-state index contributed by atoms with van der Waals surface area (Å²) in [6.07, 6.45) is 3.33. The van der Waals surface area contributed by atoms with Crippen molar-refractivity contribution in [2.24, 2.45) is 5.73 Å². The highest BCUT2D eigenvalue weighted by Crippen LogP contribution is 2.28. The van der Waals surface area contributed by atoms with Crippen LogP contribution in [-0.4, -0.2) is 95.1 Å². The first-order valence-corrected chi connectivity index (χ1v) is 12.5. The highest BCUT2D eigenvalue weighted by molar-refractivity contribution is 7.10. The van der Waals surface area contributed by atoms with Crippen LogP contribution in [-0.2, 0) is 11.3 Å². The fourth-order valence-corrected chi connectivity index (χ4v) is 4.94. The zero-order valence-electron chi connectivity index (χ0n) is 20.4. The van der Waals surface area contributed by atoms with Crippen LogP contribution in [0.25, 0.3) is 0 Å². The van der Waals surface area contributed by atoms with E-state index in [1.54, 1.807) is 20.3 Å². The van der Waals surface area contributed by atoms with E-state index < -0.39 is 5.91 Å². The van der Waals surface area contributed by atoms with E-state index in [-0.39, 0.29) is 23.8 Å². The van der Waals surface area contributed by atoms with Gasteiger partial charge in [-0.1, -0.05) is 0 Å². The molecule has 35 heavy (non-hydrogen) atoms. The van der Waals surface area contributed by atoms with Gasteiger partial charge in [-0.3, -0.25) is 9.69 Å². The first-order valence-electron chi connectivity index (χ1n) is 11.8. The number of carbonyl (C=O) groups excluding carboxylic acids is 2. The molecule has 190 valence electrons. The molecule has 2 aliphatic rings. The molecular formula is C22H33N9O3S. The Labute approximate surface area is 209 Å². The molecule has 3 amide bonds. The van der Waals surface area contributed by atoms with Gasteiger partial charge in [-0.05, 0) is 37.4 Å². The van der Waals surface area contributed by atoms with Gasteiger partial charge >= 0.3 is 6.03 Å². The van der Waals surface area contributed by atoms with Gasteiger partial charge in [-0.15, -0.1) is 0 Å². The van der Waals surface area contributed by atoms with Crippen LogP contribution in [0.2, 0.25) is 0 Å². The number of piperidine rings is 1. The Hall–Kier alpha value is -3.03. The first kappa shape index (κ1) is 25.1. The molecule has 2 saturated heterocycles. The van der Waals surface area contributed by atoms with Crippen molar-refractivity contribution >= 4 is 40.1 Å². The second-order valence-electron chi connectivity index (χ2n) is 9.01. The van der Waals surface area contributed by atoms with Crippen molar-refractivity contribution in [3.8, 4) is 0 Å². The Morgan fingerprint density at radius 2 is 2.06 bits per heavy atom. The van der Waals surface area contributed by atoms with Crippen LogP contribution in [0.3, 0.4) is 0 Å². The molecule has 2 fully saturated rings. The van der Waals surface area contributed by atoms with E-state index in [9.17, 15) is 9.59 Å². The maximum Gasteiger partial charge on any atom is 0.317 e. The molecule has 0 bridgehead atoms. The normalized spacial score (nSPS) is 20.9. The number of urea groups is 1. The third-order valence-corrected chi connectivity index (χ3v) is 7.02. The maximum atomic E-state index is 12.2. The number of hydrogen-bond acceptors (Lipinski definition) is 10. The summed E-state index contributed by atoms with van der Waals surface area (Å²) >= 11 is 1.30. The van der Waals surface area contributed by atoms with Crippen molar-refractivity contribution in [3.63, 3.8) is 0 Å². The Kier molecular flexibility index (Phi) is 7.98. The summed E-state index contributed by atoms with van der Waals surface area (Å²) in [4.78, 5) is 39.2. The number of nitrogens with one attached hydrogen (secondary N) is 2. The predicted octanol–water partition coefficient (Wildman–Crippen LogP) is 1.24. The standard InChI is InChI=1S/C22H33N9O3S/c1-14-16(25-22(33)29(2)3)5-4-6-31(14)17-12-24-19(20(23)32)21(26-17)27-18-11-15(28-35-18)13-30-7-9-34-10-8-30/h11-12,14,16H,4-10,13H2,1-3H3,(H2,23,32)(H,25,33)(H,26,27)/t14-,16-/m1/s1. The summed E-state index contributed by atoms with van der Waals surface area (Å²) in [5.74, 6) is 0.252. The van der Waals surface area contributed by atoms with E-state index in [2.05, 4.69) is 36.7 Å². The van der Waals surface area contributed by atoms with Crippen molar-refractivity contribution in [1.29, 1.82) is 0 Å². The SMILES string of the molecule is C[C@@H]1[C@H](NC(=O)N(C)C)CCCN1c1cnc(C(N)=O)c(Nc2cc(CN3CCOCC3)ns2)n1. The number of ether oxygens (including phenoxy) is 1. The van der Waals surface area contributed by atoms with Gasteiger partial charge in [-0.2, -0.15) is 4.37 Å². The third kappa shape index (κ3) is 6.16. The molecule has 0 unspecified atom stereocenters. The molecule has 0 saturated carbocycles. The molecule has 13 heteroatoms. The van der Waals surface area contributed by atoms with Crippen LogP contribution in [0, 0.1) is 0 Å². The molecule has 2 atom stereocenters. The van der Waals surface area contributed by atoms with Crippen LogP contribution in [0.4, 0.5) is 21.4 Å². The number of rotatable bonds is 7. The monoisotopic (exact) mass is 503 g/mol. The number of carbonyl (C=O) groups is 2. The minimum Gasteiger partial charge on any atom is -0.379 e. The fraction of sp³-hybridized carbons (Fsp3) is 0.591. The summed E-state index contributed by atoms with van der Waals surface area (Å²) in [5, 5.41) is 7.03. The van der Waals surface area contributed by atoms with E-state index in [0.29, 0.717) is 11.6 Å². The van der Waals surface area contributed by atoms with Gasteiger partial charge in [0, 0.05) is 46.3 Å². The van der Waals surface area contributed by atoms with Crippen LogP contribution in [0.15, 0.2) is 12.3 Å². The summed E-state index contributed by atoms with van der Waals surface area (Å²) in [6.45, 7) is 6.78. The number of nitrogens with two attached hydrogens (primary N) is 1. The quantitative estimate of drug-likeness (QED) is 0.509. The van der Waals surface area contributed by atoms with E-state index in [0.717, 1.165) is 62.9 Å². The van der Waals surface area contributed by atoms with Crippen LogP contribution < -0.4 is 21.3 Å². The van der Waals surface area contributed by atoms with Gasteiger partial charge in [0.2, 0.25) is 0 Å². The van der Waals surface area contributed by atoms with Crippen LogP contribution >= 0.6 is 11.5 Å². The highest BCUT2D eigenvalue weighted by atomic mass is 32.1. The van der Waals surface area contributed by atoms with Crippen molar-refractivity contribution in [1.82, 2.24) is 29.5 Å². The summed E-state index contributed by atoms with van der Waals surface area (Å²) in [7, 11) is 3.44. The van der Waals surface area contributed by atoms with Gasteiger partial charge in [-0.25, -0.2) is 14.8 Å². The Morgan fingerprint density at radius 3 is 2.77 bits per heavy atom. The molecule has 0 spiro atoms. The average Bonchev–Trinajstić information content (AvgIpc) is 3.27. The number of nitrogens with zero attached hydrogens (tertiary/aromatic N) is 6. The minimum atomic E-state index is -0.660. The molecular weight excluding hydrogens is 470 g/mol. The molecule has 4 N–H and O–H groups in total. The second kappa shape index (κ2) is 11.1. The molecule has 2 aromatic rings. The van der Waals surface area contributed by atoms with E-state index in [4.69, 9.17) is 15.5 Å². The number of amides is 3. The number of anilines is 3. The lowest BCUT2D eigenvalue weighted by Crippen LogP contribution is -2.56. The molecule has 4 rings (SSSR count). The summed E-state index contributed by atoms with van der Waals surface area (Å²) < 4.78 is 9.94. The lowest BCUT2D eigenvalue weighted by molar-refractivity contribution is 0.0338. The van der Waals surface area contributed by atoms with Gasteiger partial charge < -0.3 is 30.9 Å². The molecule has 0 aromatic carbocycles. The van der Waals surface area contributed by atoms with Crippen LogP contribution in [0.5, 0.6) is 0 Å². The van der Waals surface area contributed by atoms with Gasteiger partial charge in [0.1, 0.15) is 10.8 Å². The van der Waals surface area contributed by atoms with Crippen molar-refractivity contribution in [2.75, 3.05) is 57.2 Å².